The Morgan fingerprint density at radius 3 is 2.89 bits per heavy atom. The Kier molecular flexibility index (Phi) is 5.45. The van der Waals surface area contributed by atoms with Crippen molar-refractivity contribution in [2.45, 2.75) is 38.5 Å². The van der Waals surface area contributed by atoms with E-state index >= 15 is 0 Å². The molecule has 4 heteroatoms. The molecule has 1 aliphatic rings. The Hall–Kier alpha value is -0.610. The molecule has 0 spiro atoms. The standard InChI is InChI=1S/C14H25N3S/c1-15-9-8-13-11-18-14(16-13)17(2)10-12-6-4-3-5-7-12/h11-12,15H,3-10H2,1-2H3. The maximum Gasteiger partial charge on any atom is 0.185 e. The summed E-state index contributed by atoms with van der Waals surface area (Å²) in [4.78, 5) is 7.07. The molecule has 18 heavy (non-hydrogen) atoms. The van der Waals surface area contributed by atoms with E-state index in [9.17, 15) is 0 Å². The summed E-state index contributed by atoms with van der Waals surface area (Å²) in [6, 6.07) is 0. The van der Waals surface area contributed by atoms with E-state index < -0.39 is 0 Å². The minimum absolute atomic E-state index is 0.883. The van der Waals surface area contributed by atoms with Gasteiger partial charge in [-0.15, -0.1) is 11.3 Å². The molecular weight excluding hydrogens is 242 g/mol. The molecule has 0 aliphatic heterocycles. The number of hydrogen-bond donors (Lipinski definition) is 1. The molecular formula is C14H25N3S. The second-order valence-corrected chi connectivity index (χ2v) is 6.20. The SMILES string of the molecule is CNCCc1csc(N(C)CC2CCCCC2)n1. The van der Waals surface area contributed by atoms with Crippen molar-refractivity contribution in [1.29, 1.82) is 0 Å². The molecule has 2 rings (SSSR count). The molecule has 0 saturated heterocycles. The monoisotopic (exact) mass is 267 g/mol. The van der Waals surface area contributed by atoms with Crippen LogP contribution in [0, 0.1) is 5.92 Å². The highest BCUT2D eigenvalue weighted by molar-refractivity contribution is 7.13. The Labute approximate surface area is 115 Å². The van der Waals surface area contributed by atoms with Crippen LogP contribution in [0.2, 0.25) is 0 Å². The molecule has 0 atom stereocenters. The zero-order valence-electron chi connectivity index (χ0n) is 11.6. The minimum Gasteiger partial charge on any atom is -0.351 e. The van der Waals surface area contributed by atoms with Gasteiger partial charge in [-0.1, -0.05) is 19.3 Å². The van der Waals surface area contributed by atoms with E-state index in [4.69, 9.17) is 4.98 Å². The Balaban J connectivity index is 1.83. The summed E-state index contributed by atoms with van der Waals surface area (Å²) in [5.74, 6) is 0.883. The number of thiazole rings is 1. The number of nitrogens with zero attached hydrogens (tertiary/aromatic N) is 2. The molecule has 0 amide bonds. The molecule has 0 radical (unpaired) electrons. The third kappa shape index (κ3) is 3.95. The van der Waals surface area contributed by atoms with Crippen LogP contribution in [0.15, 0.2) is 5.38 Å². The second kappa shape index (κ2) is 7.10. The summed E-state index contributed by atoms with van der Waals surface area (Å²) in [6.07, 6.45) is 8.12. The molecule has 1 aromatic heterocycles. The van der Waals surface area contributed by atoms with Gasteiger partial charge in [0.05, 0.1) is 5.69 Å². The number of nitrogens with one attached hydrogen (secondary N) is 1. The minimum atomic E-state index is 0.883. The molecule has 1 aliphatic carbocycles. The van der Waals surface area contributed by atoms with Crippen molar-refractivity contribution >= 4 is 16.5 Å². The largest absolute Gasteiger partial charge is 0.351 e. The fourth-order valence-corrected chi connectivity index (χ4v) is 3.51. The number of hydrogen-bond acceptors (Lipinski definition) is 4. The van der Waals surface area contributed by atoms with E-state index in [1.54, 1.807) is 11.3 Å². The molecule has 102 valence electrons. The number of likely N-dealkylation sites (N-methyl/N-ethyl adjacent to an activating group) is 1. The molecule has 1 aromatic rings. The van der Waals surface area contributed by atoms with Crippen LogP contribution >= 0.6 is 11.3 Å². The lowest BCUT2D eigenvalue weighted by atomic mass is 9.89. The number of rotatable bonds is 6. The summed E-state index contributed by atoms with van der Waals surface area (Å²) >= 11 is 1.78. The molecule has 1 fully saturated rings. The first kappa shape index (κ1) is 13.8. The Morgan fingerprint density at radius 1 is 1.39 bits per heavy atom. The fourth-order valence-electron chi connectivity index (χ4n) is 2.67. The van der Waals surface area contributed by atoms with Crippen molar-refractivity contribution in [2.75, 3.05) is 32.1 Å². The van der Waals surface area contributed by atoms with Crippen LogP contribution in [-0.2, 0) is 6.42 Å². The van der Waals surface area contributed by atoms with E-state index in [0.29, 0.717) is 0 Å². The lowest BCUT2D eigenvalue weighted by Gasteiger charge is -2.26. The molecule has 0 aromatic carbocycles. The van der Waals surface area contributed by atoms with E-state index in [0.717, 1.165) is 18.9 Å². The van der Waals surface area contributed by atoms with Crippen LogP contribution in [0.5, 0.6) is 0 Å². The average Bonchev–Trinajstić information content (AvgIpc) is 2.86. The van der Waals surface area contributed by atoms with Crippen LogP contribution in [0.4, 0.5) is 5.13 Å². The summed E-state index contributed by atoms with van der Waals surface area (Å²) in [5, 5.41) is 6.56. The van der Waals surface area contributed by atoms with Gasteiger partial charge in [-0.05, 0) is 25.8 Å². The third-order valence-corrected chi connectivity index (χ3v) is 4.76. The van der Waals surface area contributed by atoms with Gasteiger partial charge in [0.2, 0.25) is 0 Å². The fraction of sp³-hybridized carbons (Fsp3) is 0.786. The van der Waals surface area contributed by atoms with Gasteiger partial charge in [0.25, 0.3) is 0 Å². The van der Waals surface area contributed by atoms with Crippen molar-refractivity contribution in [3.63, 3.8) is 0 Å². The zero-order chi connectivity index (χ0) is 12.8. The van der Waals surface area contributed by atoms with Gasteiger partial charge >= 0.3 is 0 Å². The highest BCUT2D eigenvalue weighted by atomic mass is 32.1. The maximum atomic E-state index is 4.72. The predicted molar refractivity (Wildman–Crippen MR) is 79.6 cm³/mol. The van der Waals surface area contributed by atoms with Crippen LogP contribution in [0.1, 0.15) is 37.8 Å². The average molecular weight is 267 g/mol. The van der Waals surface area contributed by atoms with Crippen molar-refractivity contribution in [3.8, 4) is 0 Å². The van der Waals surface area contributed by atoms with E-state index in [1.807, 2.05) is 7.05 Å². The Morgan fingerprint density at radius 2 is 2.17 bits per heavy atom. The van der Waals surface area contributed by atoms with Crippen LogP contribution in [0.3, 0.4) is 0 Å². The molecule has 0 bridgehead atoms. The molecule has 1 heterocycles. The van der Waals surface area contributed by atoms with Gasteiger partial charge < -0.3 is 10.2 Å². The van der Waals surface area contributed by atoms with Crippen molar-refractivity contribution in [2.24, 2.45) is 5.92 Å². The summed E-state index contributed by atoms with van der Waals surface area (Å²) in [5.41, 5.74) is 1.22. The van der Waals surface area contributed by atoms with Crippen molar-refractivity contribution in [1.82, 2.24) is 10.3 Å². The predicted octanol–water partition coefficient (Wildman–Crippen LogP) is 2.92. The topological polar surface area (TPSA) is 28.2 Å². The zero-order valence-corrected chi connectivity index (χ0v) is 12.4. The van der Waals surface area contributed by atoms with Crippen molar-refractivity contribution < 1.29 is 0 Å². The molecule has 1 N–H and O–H groups in total. The highest BCUT2D eigenvalue weighted by Crippen LogP contribution is 2.27. The van der Waals surface area contributed by atoms with Gasteiger partial charge in [0.1, 0.15) is 0 Å². The quantitative estimate of drug-likeness (QED) is 0.859. The lowest BCUT2D eigenvalue weighted by molar-refractivity contribution is 0.362. The van der Waals surface area contributed by atoms with Gasteiger partial charge in [0, 0.05) is 31.9 Å². The first-order chi connectivity index (χ1) is 8.79. The highest BCUT2D eigenvalue weighted by Gasteiger charge is 2.17. The van der Waals surface area contributed by atoms with Gasteiger partial charge in [-0.25, -0.2) is 4.98 Å². The van der Waals surface area contributed by atoms with Gasteiger partial charge in [-0.2, -0.15) is 0 Å². The summed E-state index contributed by atoms with van der Waals surface area (Å²) < 4.78 is 0. The first-order valence-corrected chi connectivity index (χ1v) is 7.97. The Bertz CT molecular complexity index is 345. The molecule has 3 nitrogen and oxygen atoms in total. The van der Waals surface area contributed by atoms with Gasteiger partial charge in [-0.3, -0.25) is 0 Å². The lowest BCUT2D eigenvalue weighted by Crippen LogP contribution is -2.26. The summed E-state index contributed by atoms with van der Waals surface area (Å²) in [6.45, 7) is 2.19. The van der Waals surface area contributed by atoms with Crippen LogP contribution < -0.4 is 10.2 Å². The smallest absolute Gasteiger partial charge is 0.185 e. The van der Waals surface area contributed by atoms with Crippen LogP contribution in [0.25, 0.3) is 0 Å². The number of aromatic nitrogens is 1. The van der Waals surface area contributed by atoms with E-state index in [-0.39, 0.29) is 0 Å². The third-order valence-electron chi connectivity index (χ3n) is 3.75. The first-order valence-electron chi connectivity index (χ1n) is 7.09. The van der Waals surface area contributed by atoms with E-state index in [2.05, 4.69) is 22.6 Å². The molecule has 0 unspecified atom stereocenters. The number of anilines is 1. The van der Waals surface area contributed by atoms with Crippen molar-refractivity contribution in [3.05, 3.63) is 11.1 Å². The van der Waals surface area contributed by atoms with Gasteiger partial charge in [0.15, 0.2) is 5.13 Å². The maximum absolute atomic E-state index is 4.72. The normalized spacial score (nSPS) is 17.0. The molecule has 1 saturated carbocycles. The van der Waals surface area contributed by atoms with Crippen LogP contribution in [-0.4, -0.2) is 32.2 Å². The second-order valence-electron chi connectivity index (χ2n) is 5.36. The van der Waals surface area contributed by atoms with E-state index in [1.165, 1.54) is 49.5 Å². The summed E-state index contributed by atoms with van der Waals surface area (Å²) in [7, 11) is 4.18.